The number of hydrogen-bond acceptors (Lipinski definition) is 5. The van der Waals surface area contributed by atoms with Crippen LogP contribution < -0.4 is 10.6 Å². The van der Waals surface area contributed by atoms with E-state index in [-0.39, 0.29) is 0 Å². The summed E-state index contributed by atoms with van der Waals surface area (Å²) in [6, 6.07) is 0. The summed E-state index contributed by atoms with van der Waals surface area (Å²) in [5.41, 5.74) is 6.21. The topological polar surface area (TPSA) is 58.3 Å². The van der Waals surface area contributed by atoms with Gasteiger partial charge in [-0.25, -0.2) is 9.97 Å². The highest BCUT2D eigenvalue weighted by atomic mass is 35.5. The summed E-state index contributed by atoms with van der Waals surface area (Å²) < 4.78 is 0. The molecule has 5 nitrogen and oxygen atoms in total. The van der Waals surface area contributed by atoms with Crippen molar-refractivity contribution in [1.29, 1.82) is 0 Å². The lowest BCUT2D eigenvalue weighted by Crippen LogP contribution is -2.29. The predicted octanol–water partition coefficient (Wildman–Crippen LogP) is 0.710. The van der Waals surface area contributed by atoms with Crippen molar-refractivity contribution in [3.8, 4) is 0 Å². The van der Waals surface area contributed by atoms with E-state index in [1.807, 2.05) is 26.0 Å². The Hall–Kier alpha value is -1.07. The van der Waals surface area contributed by atoms with Crippen LogP contribution in [0.3, 0.4) is 0 Å². The summed E-state index contributed by atoms with van der Waals surface area (Å²) in [5, 5.41) is 0.303. The monoisotopic (exact) mass is 229 g/mol. The Kier molecular flexibility index (Phi) is 4.11. The minimum atomic E-state index is 0.303. The summed E-state index contributed by atoms with van der Waals surface area (Å²) in [4.78, 5) is 12.0. The van der Waals surface area contributed by atoms with Gasteiger partial charge in [-0.2, -0.15) is 0 Å². The van der Waals surface area contributed by atoms with Crippen LogP contribution in [0.15, 0.2) is 6.33 Å². The summed E-state index contributed by atoms with van der Waals surface area (Å²) in [7, 11) is 5.97. The number of nitrogens with zero attached hydrogens (tertiary/aromatic N) is 4. The molecule has 0 unspecified atom stereocenters. The first-order valence-corrected chi connectivity index (χ1v) is 5.02. The van der Waals surface area contributed by atoms with Crippen molar-refractivity contribution >= 4 is 23.1 Å². The highest BCUT2D eigenvalue weighted by Crippen LogP contribution is 2.24. The number of anilines is 2. The van der Waals surface area contributed by atoms with Gasteiger partial charge in [-0.05, 0) is 14.1 Å². The molecule has 0 aromatic carbocycles. The number of hydrogen-bond donors (Lipinski definition) is 1. The van der Waals surface area contributed by atoms with Gasteiger partial charge >= 0.3 is 0 Å². The maximum Gasteiger partial charge on any atom is 0.157 e. The van der Waals surface area contributed by atoms with Crippen LogP contribution in [0.25, 0.3) is 0 Å². The van der Waals surface area contributed by atoms with Crippen LogP contribution in [0.1, 0.15) is 0 Å². The van der Waals surface area contributed by atoms with Crippen molar-refractivity contribution in [2.45, 2.75) is 0 Å². The highest BCUT2D eigenvalue weighted by Gasteiger charge is 2.10. The first-order chi connectivity index (χ1) is 7.02. The molecular weight excluding hydrogens is 214 g/mol. The van der Waals surface area contributed by atoms with Crippen LogP contribution in [0.5, 0.6) is 0 Å². The second kappa shape index (κ2) is 5.14. The van der Waals surface area contributed by atoms with Crippen LogP contribution in [-0.2, 0) is 0 Å². The van der Waals surface area contributed by atoms with Crippen molar-refractivity contribution in [3.05, 3.63) is 11.5 Å². The zero-order valence-corrected chi connectivity index (χ0v) is 9.99. The Labute approximate surface area is 94.9 Å². The average molecular weight is 230 g/mol. The number of halogens is 1. The first kappa shape index (κ1) is 12.0. The van der Waals surface area contributed by atoms with Gasteiger partial charge in [-0.3, -0.25) is 0 Å². The molecule has 0 spiro atoms. The molecule has 0 amide bonds. The van der Waals surface area contributed by atoms with Crippen molar-refractivity contribution in [2.75, 3.05) is 44.9 Å². The lowest BCUT2D eigenvalue weighted by Gasteiger charge is -2.21. The molecule has 0 saturated heterocycles. The van der Waals surface area contributed by atoms with Crippen molar-refractivity contribution < 1.29 is 0 Å². The van der Waals surface area contributed by atoms with Crippen molar-refractivity contribution in [3.63, 3.8) is 0 Å². The Balaban J connectivity index is 2.73. The van der Waals surface area contributed by atoms with E-state index < -0.39 is 0 Å². The van der Waals surface area contributed by atoms with Gasteiger partial charge in [-0.15, -0.1) is 0 Å². The molecule has 1 rings (SSSR count). The smallest absolute Gasteiger partial charge is 0.157 e. The minimum absolute atomic E-state index is 0.303. The van der Waals surface area contributed by atoms with Crippen molar-refractivity contribution in [1.82, 2.24) is 14.9 Å². The van der Waals surface area contributed by atoms with E-state index in [0.717, 1.165) is 13.1 Å². The van der Waals surface area contributed by atoms with Gasteiger partial charge in [0.05, 0.1) is 0 Å². The third-order valence-electron chi connectivity index (χ3n) is 2.06. The quantitative estimate of drug-likeness (QED) is 0.771. The van der Waals surface area contributed by atoms with E-state index in [2.05, 4.69) is 14.9 Å². The van der Waals surface area contributed by atoms with Crippen LogP contribution in [-0.4, -0.2) is 49.1 Å². The zero-order chi connectivity index (χ0) is 11.4. The molecule has 0 aliphatic heterocycles. The summed E-state index contributed by atoms with van der Waals surface area (Å²) in [6.45, 7) is 1.77. The second-order valence-corrected chi connectivity index (χ2v) is 3.98. The Morgan fingerprint density at radius 2 is 1.93 bits per heavy atom. The fourth-order valence-electron chi connectivity index (χ4n) is 1.13. The van der Waals surface area contributed by atoms with E-state index in [4.69, 9.17) is 17.3 Å². The normalized spacial score (nSPS) is 10.7. The van der Waals surface area contributed by atoms with Gasteiger partial charge in [0.1, 0.15) is 12.0 Å². The fraction of sp³-hybridized carbons (Fsp3) is 0.556. The SMILES string of the molecule is CN(C)CCN(C)c1ncnc(Cl)c1N. The van der Waals surface area contributed by atoms with Gasteiger partial charge in [0.25, 0.3) is 0 Å². The minimum Gasteiger partial charge on any atom is -0.393 e. The third kappa shape index (κ3) is 3.21. The molecule has 1 heterocycles. The molecule has 0 aliphatic rings. The maximum absolute atomic E-state index is 5.81. The Bertz CT molecular complexity index is 328. The molecule has 0 atom stereocenters. The lowest BCUT2D eigenvalue weighted by atomic mass is 10.4. The average Bonchev–Trinajstić information content (AvgIpc) is 2.18. The summed E-state index contributed by atoms with van der Waals surface area (Å²) in [6.07, 6.45) is 1.42. The molecule has 0 fully saturated rings. The number of likely N-dealkylation sites (N-methyl/N-ethyl adjacent to an activating group) is 2. The fourth-order valence-corrected chi connectivity index (χ4v) is 1.25. The molecular formula is C9H16ClN5. The highest BCUT2D eigenvalue weighted by molar-refractivity contribution is 6.32. The molecule has 0 aliphatic carbocycles. The Morgan fingerprint density at radius 1 is 1.27 bits per heavy atom. The lowest BCUT2D eigenvalue weighted by molar-refractivity contribution is 0.416. The molecule has 84 valence electrons. The van der Waals surface area contributed by atoms with E-state index in [1.165, 1.54) is 6.33 Å². The zero-order valence-electron chi connectivity index (χ0n) is 9.24. The predicted molar refractivity (Wildman–Crippen MR) is 63.3 cm³/mol. The van der Waals surface area contributed by atoms with Crippen LogP contribution in [0.4, 0.5) is 11.5 Å². The first-order valence-electron chi connectivity index (χ1n) is 4.64. The molecule has 1 aromatic rings. The number of nitrogens with two attached hydrogens (primary N) is 1. The molecule has 0 radical (unpaired) electrons. The molecule has 1 aromatic heterocycles. The van der Waals surface area contributed by atoms with E-state index in [0.29, 0.717) is 16.7 Å². The summed E-state index contributed by atoms with van der Waals surface area (Å²) in [5.74, 6) is 0.678. The van der Waals surface area contributed by atoms with Crippen LogP contribution >= 0.6 is 11.6 Å². The van der Waals surface area contributed by atoms with Crippen LogP contribution in [0, 0.1) is 0 Å². The number of rotatable bonds is 4. The van der Waals surface area contributed by atoms with Gasteiger partial charge < -0.3 is 15.5 Å². The van der Waals surface area contributed by atoms with E-state index in [9.17, 15) is 0 Å². The molecule has 2 N–H and O–H groups in total. The van der Waals surface area contributed by atoms with Crippen molar-refractivity contribution in [2.24, 2.45) is 0 Å². The number of nitrogen functional groups attached to an aromatic ring is 1. The van der Waals surface area contributed by atoms with Gasteiger partial charge in [-0.1, -0.05) is 11.6 Å². The summed E-state index contributed by atoms with van der Waals surface area (Å²) >= 11 is 5.81. The molecule has 6 heteroatoms. The van der Waals surface area contributed by atoms with E-state index in [1.54, 1.807) is 0 Å². The molecule has 0 bridgehead atoms. The van der Waals surface area contributed by atoms with E-state index >= 15 is 0 Å². The van der Waals surface area contributed by atoms with Gasteiger partial charge in [0.15, 0.2) is 11.0 Å². The maximum atomic E-state index is 5.81. The van der Waals surface area contributed by atoms with Gasteiger partial charge in [0.2, 0.25) is 0 Å². The Morgan fingerprint density at radius 3 is 2.53 bits per heavy atom. The number of aromatic nitrogens is 2. The van der Waals surface area contributed by atoms with Gasteiger partial charge in [0, 0.05) is 20.1 Å². The molecule has 15 heavy (non-hydrogen) atoms. The standard InChI is InChI=1S/C9H16ClN5/c1-14(2)4-5-15(3)9-7(11)8(10)12-6-13-9/h6H,4-5,11H2,1-3H3. The second-order valence-electron chi connectivity index (χ2n) is 3.63. The van der Waals surface area contributed by atoms with Crippen LogP contribution in [0.2, 0.25) is 5.15 Å². The molecule has 0 saturated carbocycles. The largest absolute Gasteiger partial charge is 0.393 e. The third-order valence-corrected chi connectivity index (χ3v) is 2.36.